The lowest BCUT2D eigenvalue weighted by atomic mass is 10.2. The van der Waals surface area contributed by atoms with Gasteiger partial charge in [-0.2, -0.15) is 5.10 Å². The van der Waals surface area contributed by atoms with Crippen LogP contribution < -0.4 is 9.47 Å². The van der Waals surface area contributed by atoms with Gasteiger partial charge in [0.25, 0.3) is 0 Å². The van der Waals surface area contributed by atoms with Crippen molar-refractivity contribution in [3.05, 3.63) is 44.7 Å². The van der Waals surface area contributed by atoms with Gasteiger partial charge < -0.3 is 9.47 Å². The maximum absolute atomic E-state index is 11.0. The van der Waals surface area contributed by atoms with Gasteiger partial charge in [0.1, 0.15) is 17.5 Å². The highest BCUT2D eigenvalue weighted by Crippen LogP contribution is 2.31. The van der Waals surface area contributed by atoms with Gasteiger partial charge in [0.2, 0.25) is 0 Å². The van der Waals surface area contributed by atoms with Crippen LogP contribution in [0.1, 0.15) is 11.3 Å². The molecule has 2 rings (SSSR count). The molecule has 1 heterocycles. The highest BCUT2D eigenvalue weighted by atomic mass is 35.5. The third-order valence-corrected chi connectivity index (χ3v) is 3.47. The Morgan fingerprint density at radius 2 is 2.19 bits per heavy atom. The Kier molecular flexibility index (Phi) is 4.32. The molecule has 1 aromatic carbocycles. The number of rotatable bonds is 5. The lowest BCUT2D eigenvalue weighted by molar-refractivity contribution is -0.385. The fourth-order valence-corrected chi connectivity index (χ4v) is 2.12. The van der Waals surface area contributed by atoms with Crippen LogP contribution in [0.15, 0.2) is 18.2 Å². The van der Waals surface area contributed by atoms with E-state index in [1.54, 1.807) is 17.8 Å². The molecule has 0 saturated carbocycles. The average Bonchev–Trinajstić information content (AvgIpc) is 2.70. The average molecular weight is 312 g/mol. The van der Waals surface area contributed by atoms with E-state index in [1.165, 1.54) is 19.2 Å². The van der Waals surface area contributed by atoms with Crippen LogP contribution in [-0.4, -0.2) is 21.8 Å². The molecular weight excluding hydrogens is 298 g/mol. The van der Waals surface area contributed by atoms with E-state index in [1.807, 2.05) is 6.92 Å². The van der Waals surface area contributed by atoms with Gasteiger partial charge in [-0.1, -0.05) is 11.6 Å². The van der Waals surface area contributed by atoms with E-state index in [-0.39, 0.29) is 18.0 Å². The lowest BCUT2D eigenvalue weighted by Gasteiger charge is -2.07. The number of nitro benzene ring substituents is 1. The van der Waals surface area contributed by atoms with Crippen LogP contribution in [0.2, 0.25) is 5.15 Å². The minimum atomic E-state index is -0.520. The number of aromatic nitrogens is 2. The smallest absolute Gasteiger partial charge is 0.314 e. The van der Waals surface area contributed by atoms with Crippen LogP contribution >= 0.6 is 11.6 Å². The fourth-order valence-electron chi connectivity index (χ4n) is 1.90. The summed E-state index contributed by atoms with van der Waals surface area (Å²) in [5, 5.41) is 15.6. The first-order valence-corrected chi connectivity index (χ1v) is 6.45. The molecule has 0 amide bonds. The third kappa shape index (κ3) is 3.08. The monoisotopic (exact) mass is 311 g/mol. The molecule has 8 heteroatoms. The van der Waals surface area contributed by atoms with Gasteiger partial charge in [-0.25, -0.2) is 0 Å². The van der Waals surface area contributed by atoms with Crippen LogP contribution in [0, 0.1) is 17.0 Å². The Morgan fingerprint density at radius 1 is 1.48 bits per heavy atom. The molecule has 112 valence electrons. The Morgan fingerprint density at radius 3 is 2.71 bits per heavy atom. The first kappa shape index (κ1) is 15.1. The standard InChI is InChI=1S/C13H14ClN3O4/c1-8-10(13(14)16(2)15-8)7-21-9-4-5-12(20-3)11(6-9)17(18)19/h4-6H,7H2,1-3H3. The zero-order valence-electron chi connectivity index (χ0n) is 11.8. The Hall–Kier alpha value is -2.28. The van der Waals surface area contributed by atoms with Gasteiger partial charge >= 0.3 is 5.69 Å². The number of halogens is 1. The second kappa shape index (κ2) is 6.01. The van der Waals surface area contributed by atoms with Gasteiger partial charge in [-0.15, -0.1) is 0 Å². The molecule has 0 aliphatic carbocycles. The number of nitro groups is 1. The largest absolute Gasteiger partial charge is 0.490 e. The first-order valence-electron chi connectivity index (χ1n) is 6.07. The highest BCUT2D eigenvalue weighted by molar-refractivity contribution is 6.30. The van der Waals surface area contributed by atoms with E-state index in [4.69, 9.17) is 21.1 Å². The Labute approximate surface area is 126 Å². The van der Waals surface area contributed by atoms with E-state index in [2.05, 4.69) is 5.10 Å². The number of hydrogen-bond donors (Lipinski definition) is 0. The maximum Gasteiger partial charge on any atom is 0.314 e. The minimum Gasteiger partial charge on any atom is -0.490 e. The van der Waals surface area contributed by atoms with Gasteiger partial charge in [-0.05, 0) is 19.1 Å². The predicted octanol–water partition coefficient (Wildman–Crippen LogP) is 2.88. The summed E-state index contributed by atoms with van der Waals surface area (Å²) in [6.07, 6.45) is 0. The Balaban J connectivity index is 2.20. The number of aryl methyl sites for hydroxylation is 2. The van der Waals surface area contributed by atoms with Crippen molar-refractivity contribution in [3.8, 4) is 11.5 Å². The molecule has 0 saturated heterocycles. The minimum absolute atomic E-state index is 0.149. The summed E-state index contributed by atoms with van der Waals surface area (Å²) in [5.74, 6) is 0.546. The Bertz CT molecular complexity index is 684. The molecule has 1 aromatic heterocycles. The predicted molar refractivity (Wildman–Crippen MR) is 76.9 cm³/mol. The summed E-state index contributed by atoms with van der Waals surface area (Å²) in [6, 6.07) is 4.41. The maximum atomic E-state index is 11.0. The van der Waals surface area contributed by atoms with E-state index in [0.29, 0.717) is 10.9 Å². The molecule has 0 bridgehead atoms. The van der Waals surface area contributed by atoms with E-state index < -0.39 is 4.92 Å². The summed E-state index contributed by atoms with van der Waals surface area (Å²) >= 11 is 6.10. The molecule has 0 aliphatic rings. The van der Waals surface area contributed by atoms with Gasteiger partial charge in [0.15, 0.2) is 5.75 Å². The van der Waals surface area contributed by atoms with E-state index in [9.17, 15) is 10.1 Å². The molecular formula is C13H14ClN3O4. The molecule has 2 aromatic rings. The molecule has 21 heavy (non-hydrogen) atoms. The van der Waals surface area contributed by atoms with E-state index in [0.717, 1.165) is 11.3 Å². The van der Waals surface area contributed by atoms with Crippen molar-refractivity contribution < 1.29 is 14.4 Å². The zero-order chi connectivity index (χ0) is 15.6. The lowest BCUT2D eigenvalue weighted by Crippen LogP contribution is -1.99. The molecule has 7 nitrogen and oxygen atoms in total. The van der Waals surface area contributed by atoms with Gasteiger partial charge in [-0.3, -0.25) is 14.8 Å². The number of benzene rings is 1. The van der Waals surface area contributed by atoms with Crippen LogP contribution in [0.25, 0.3) is 0 Å². The topological polar surface area (TPSA) is 79.4 Å². The molecule has 0 radical (unpaired) electrons. The quantitative estimate of drug-likeness (QED) is 0.626. The number of ether oxygens (including phenoxy) is 2. The van der Waals surface area contributed by atoms with Crippen molar-refractivity contribution in [3.63, 3.8) is 0 Å². The van der Waals surface area contributed by atoms with Gasteiger partial charge in [0, 0.05) is 12.6 Å². The van der Waals surface area contributed by atoms with Crippen molar-refractivity contribution >= 4 is 17.3 Å². The van der Waals surface area contributed by atoms with Crippen molar-refractivity contribution in [2.24, 2.45) is 7.05 Å². The second-order valence-electron chi connectivity index (χ2n) is 4.36. The van der Waals surface area contributed by atoms with Crippen LogP contribution in [-0.2, 0) is 13.7 Å². The van der Waals surface area contributed by atoms with Crippen molar-refractivity contribution in [2.45, 2.75) is 13.5 Å². The fraction of sp³-hybridized carbons (Fsp3) is 0.308. The summed E-state index contributed by atoms with van der Waals surface area (Å²) < 4.78 is 12.0. The molecule has 0 fully saturated rings. The number of hydrogen-bond acceptors (Lipinski definition) is 5. The summed E-state index contributed by atoms with van der Waals surface area (Å²) in [6.45, 7) is 2.00. The van der Waals surface area contributed by atoms with Crippen LogP contribution in [0.5, 0.6) is 11.5 Å². The summed E-state index contributed by atoms with van der Waals surface area (Å²) in [4.78, 5) is 10.4. The van der Waals surface area contributed by atoms with Gasteiger partial charge in [0.05, 0.1) is 23.8 Å². The van der Waals surface area contributed by atoms with Crippen molar-refractivity contribution in [1.29, 1.82) is 0 Å². The van der Waals surface area contributed by atoms with E-state index >= 15 is 0 Å². The highest BCUT2D eigenvalue weighted by Gasteiger charge is 2.17. The van der Waals surface area contributed by atoms with Crippen LogP contribution in [0.3, 0.4) is 0 Å². The zero-order valence-corrected chi connectivity index (χ0v) is 12.5. The molecule has 0 spiro atoms. The normalized spacial score (nSPS) is 10.5. The van der Waals surface area contributed by atoms with Crippen molar-refractivity contribution in [2.75, 3.05) is 7.11 Å². The molecule has 0 atom stereocenters. The molecule has 0 unspecified atom stereocenters. The number of methoxy groups -OCH3 is 1. The summed E-state index contributed by atoms with van der Waals surface area (Å²) in [5.41, 5.74) is 1.35. The van der Waals surface area contributed by atoms with Crippen LogP contribution in [0.4, 0.5) is 5.69 Å². The second-order valence-corrected chi connectivity index (χ2v) is 4.72. The van der Waals surface area contributed by atoms with Crippen molar-refractivity contribution in [1.82, 2.24) is 9.78 Å². The summed E-state index contributed by atoms with van der Waals surface area (Å²) in [7, 11) is 3.11. The SMILES string of the molecule is COc1ccc(OCc2c(C)nn(C)c2Cl)cc1[N+](=O)[O-]. The first-order chi connectivity index (χ1) is 9.93. The molecule has 0 N–H and O–H groups in total. The number of nitrogens with zero attached hydrogens (tertiary/aromatic N) is 3. The molecule has 0 aliphatic heterocycles. The third-order valence-electron chi connectivity index (χ3n) is 3.00.